The molecular weight excluding hydrogens is 417 g/mol. The van der Waals surface area contributed by atoms with Gasteiger partial charge in [0.15, 0.2) is 0 Å². The van der Waals surface area contributed by atoms with Gasteiger partial charge in [0.1, 0.15) is 5.82 Å². The number of benzene rings is 1. The van der Waals surface area contributed by atoms with Crippen LogP contribution in [-0.4, -0.2) is 14.5 Å². The summed E-state index contributed by atoms with van der Waals surface area (Å²) in [6.45, 7) is 0. The summed E-state index contributed by atoms with van der Waals surface area (Å²) in [5.74, 6) is -0.229. The van der Waals surface area contributed by atoms with Crippen molar-refractivity contribution < 1.29 is 4.39 Å². The molecular formula is C23H21BrFN3. The lowest BCUT2D eigenvalue weighted by Crippen LogP contribution is -2.13. The first-order chi connectivity index (χ1) is 13.7. The molecule has 0 radical (unpaired) electrons. The quantitative estimate of drug-likeness (QED) is 0.464. The highest BCUT2D eigenvalue weighted by molar-refractivity contribution is 9.15. The van der Waals surface area contributed by atoms with Crippen molar-refractivity contribution >= 4 is 20.4 Å². The van der Waals surface area contributed by atoms with E-state index in [1.165, 1.54) is 44.2 Å². The number of nitrogens with zero attached hydrogens (tertiary/aromatic N) is 3. The molecule has 0 aliphatic heterocycles. The molecule has 0 amide bonds. The summed E-state index contributed by atoms with van der Waals surface area (Å²) in [7, 11) is 0. The fraction of sp³-hybridized carbons (Fsp3) is 0.304. The van der Waals surface area contributed by atoms with Crippen molar-refractivity contribution in [1.82, 2.24) is 14.5 Å². The first-order valence-corrected chi connectivity index (χ1v) is 10.7. The molecule has 0 spiro atoms. The first kappa shape index (κ1) is 17.8. The zero-order chi connectivity index (χ0) is 19.1. The minimum Gasteiger partial charge on any atom is -0.327 e. The molecule has 28 heavy (non-hydrogen) atoms. The second-order valence-corrected chi connectivity index (χ2v) is 8.44. The normalized spacial score (nSPS) is 16.9. The third kappa shape index (κ3) is 3.02. The molecule has 142 valence electrons. The fourth-order valence-corrected chi connectivity index (χ4v) is 5.10. The van der Waals surface area contributed by atoms with Crippen LogP contribution in [0.25, 0.3) is 27.0 Å². The van der Waals surface area contributed by atoms with Gasteiger partial charge in [-0.05, 0) is 43.2 Å². The van der Waals surface area contributed by atoms with Gasteiger partial charge in [0.25, 0.3) is 0 Å². The Hall–Kier alpha value is -2.27. The van der Waals surface area contributed by atoms with Crippen LogP contribution >= 0.6 is 15.9 Å². The third-order valence-electron chi connectivity index (χ3n) is 5.88. The van der Waals surface area contributed by atoms with E-state index >= 15 is 0 Å². The molecule has 3 nitrogen and oxygen atoms in total. The maximum absolute atomic E-state index is 13.5. The molecule has 0 N–H and O–H groups in total. The predicted octanol–water partition coefficient (Wildman–Crippen LogP) is 6.55. The van der Waals surface area contributed by atoms with Crippen LogP contribution in [0.5, 0.6) is 0 Å². The van der Waals surface area contributed by atoms with Crippen molar-refractivity contribution in [3.63, 3.8) is 0 Å². The summed E-state index contributed by atoms with van der Waals surface area (Å²) >= 11 is 3.73. The second kappa shape index (κ2) is 7.28. The van der Waals surface area contributed by atoms with Crippen LogP contribution in [0, 0.1) is 5.82 Å². The number of aromatic nitrogens is 3. The fourth-order valence-electron chi connectivity index (χ4n) is 4.49. The van der Waals surface area contributed by atoms with Gasteiger partial charge in [-0.1, -0.05) is 41.3 Å². The second-order valence-electron chi connectivity index (χ2n) is 7.58. The van der Waals surface area contributed by atoms with Gasteiger partial charge in [0.05, 0.1) is 23.4 Å². The Bertz CT molecular complexity index is 1050. The molecule has 2 aliphatic rings. The van der Waals surface area contributed by atoms with Crippen LogP contribution in [0.4, 0.5) is 4.39 Å². The van der Waals surface area contributed by atoms with Crippen LogP contribution in [0.3, 0.4) is 0 Å². The lowest BCUT2D eigenvalue weighted by molar-refractivity contribution is 0.355. The standard InChI is InChI=1S/C23H21BrFN3/c24-19-10-11-20-21(19)18(12-13-26-20)23-22(15-6-8-16(25)9-7-15)27-14-28(23)17-4-2-1-3-5-17/h6-10,12-14,17H,1-5,11H2. The van der Waals surface area contributed by atoms with Gasteiger partial charge in [-0.15, -0.1) is 0 Å². The highest BCUT2D eigenvalue weighted by atomic mass is 79.9. The zero-order valence-electron chi connectivity index (χ0n) is 15.5. The number of hydrogen-bond acceptors (Lipinski definition) is 2. The van der Waals surface area contributed by atoms with Crippen molar-refractivity contribution in [2.45, 2.75) is 44.6 Å². The molecule has 0 bridgehead atoms. The van der Waals surface area contributed by atoms with E-state index in [0.717, 1.165) is 44.7 Å². The molecule has 3 aromatic rings. The van der Waals surface area contributed by atoms with E-state index in [1.807, 2.05) is 24.7 Å². The van der Waals surface area contributed by atoms with E-state index in [4.69, 9.17) is 4.98 Å². The Morgan fingerprint density at radius 2 is 1.79 bits per heavy atom. The molecule has 5 heteroatoms. The molecule has 1 aromatic carbocycles. The van der Waals surface area contributed by atoms with Crippen LogP contribution < -0.4 is 0 Å². The number of fused-ring (bicyclic) bond motifs is 1. The number of rotatable bonds is 3. The predicted molar refractivity (Wildman–Crippen MR) is 114 cm³/mol. The van der Waals surface area contributed by atoms with Gasteiger partial charge >= 0.3 is 0 Å². The maximum Gasteiger partial charge on any atom is 0.123 e. The largest absolute Gasteiger partial charge is 0.327 e. The van der Waals surface area contributed by atoms with Crippen molar-refractivity contribution in [1.29, 1.82) is 0 Å². The smallest absolute Gasteiger partial charge is 0.123 e. The number of pyridine rings is 1. The third-order valence-corrected chi connectivity index (χ3v) is 6.60. The van der Waals surface area contributed by atoms with E-state index in [-0.39, 0.29) is 5.82 Å². The lowest BCUT2D eigenvalue weighted by Gasteiger charge is -2.26. The Kier molecular flexibility index (Phi) is 4.63. The Morgan fingerprint density at radius 1 is 1.00 bits per heavy atom. The zero-order valence-corrected chi connectivity index (χ0v) is 17.1. The highest BCUT2D eigenvalue weighted by Gasteiger charge is 2.26. The van der Waals surface area contributed by atoms with Crippen molar-refractivity contribution in [2.75, 3.05) is 0 Å². The molecule has 2 aromatic heterocycles. The van der Waals surface area contributed by atoms with Gasteiger partial charge < -0.3 is 4.57 Å². The van der Waals surface area contributed by atoms with Crippen LogP contribution in [0.2, 0.25) is 0 Å². The lowest BCUT2D eigenvalue weighted by atomic mass is 9.94. The maximum atomic E-state index is 13.5. The SMILES string of the molecule is Fc1ccc(-c2ncn(C3CCCCC3)c2-c2ccnc3c2C(Br)=CC3)cc1. The molecule has 0 unspecified atom stereocenters. The Balaban J connectivity index is 1.73. The monoisotopic (exact) mass is 437 g/mol. The van der Waals surface area contributed by atoms with E-state index in [2.05, 4.69) is 37.6 Å². The van der Waals surface area contributed by atoms with Gasteiger partial charge in [-0.2, -0.15) is 0 Å². The van der Waals surface area contributed by atoms with Crippen LogP contribution in [-0.2, 0) is 6.42 Å². The summed E-state index contributed by atoms with van der Waals surface area (Å²) in [4.78, 5) is 9.38. The number of hydrogen-bond donors (Lipinski definition) is 0. The molecule has 1 fully saturated rings. The van der Waals surface area contributed by atoms with Crippen molar-refractivity contribution in [3.8, 4) is 22.5 Å². The molecule has 0 atom stereocenters. The molecule has 2 aliphatic carbocycles. The van der Waals surface area contributed by atoms with Gasteiger partial charge in [-0.25, -0.2) is 9.37 Å². The van der Waals surface area contributed by atoms with Crippen molar-refractivity contribution in [3.05, 3.63) is 66.0 Å². The van der Waals surface area contributed by atoms with Gasteiger partial charge in [-0.3, -0.25) is 4.98 Å². The van der Waals surface area contributed by atoms with E-state index in [1.54, 1.807) is 0 Å². The molecule has 0 saturated heterocycles. The van der Waals surface area contributed by atoms with Crippen LogP contribution in [0.15, 0.2) is 48.9 Å². The average Bonchev–Trinajstić information content (AvgIpc) is 3.34. The van der Waals surface area contributed by atoms with E-state index < -0.39 is 0 Å². The topological polar surface area (TPSA) is 30.7 Å². The number of imidazole rings is 1. The Labute approximate surface area is 172 Å². The minimum absolute atomic E-state index is 0.229. The number of halogens is 2. The first-order valence-electron chi connectivity index (χ1n) is 9.89. The van der Waals surface area contributed by atoms with E-state index in [9.17, 15) is 4.39 Å². The summed E-state index contributed by atoms with van der Waals surface area (Å²) in [6.07, 6.45) is 13.0. The summed E-state index contributed by atoms with van der Waals surface area (Å²) in [6, 6.07) is 9.19. The minimum atomic E-state index is -0.229. The van der Waals surface area contributed by atoms with Crippen molar-refractivity contribution in [2.24, 2.45) is 0 Å². The molecule has 2 heterocycles. The summed E-state index contributed by atoms with van der Waals surface area (Å²) in [5, 5.41) is 0. The molecule has 1 saturated carbocycles. The Morgan fingerprint density at radius 3 is 2.57 bits per heavy atom. The summed E-state index contributed by atoms with van der Waals surface area (Å²) in [5.41, 5.74) is 6.35. The number of allylic oxidation sites excluding steroid dienone is 1. The highest BCUT2D eigenvalue weighted by Crippen LogP contribution is 2.43. The van der Waals surface area contributed by atoms with Gasteiger partial charge in [0, 0.05) is 39.8 Å². The molecule has 5 rings (SSSR count). The average molecular weight is 438 g/mol. The van der Waals surface area contributed by atoms with Gasteiger partial charge in [0.2, 0.25) is 0 Å². The van der Waals surface area contributed by atoms with E-state index in [0.29, 0.717) is 6.04 Å². The van der Waals surface area contributed by atoms with Crippen LogP contribution in [0.1, 0.15) is 49.4 Å². The summed E-state index contributed by atoms with van der Waals surface area (Å²) < 4.78 is 16.9.